The van der Waals surface area contributed by atoms with Gasteiger partial charge in [-0.3, -0.25) is 0 Å². The van der Waals surface area contributed by atoms with Gasteiger partial charge in [-0.2, -0.15) is 0 Å². The van der Waals surface area contributed by atoms with Crippen molar-refractivity contribution in [3.63, 3.8) is 0 Å². The van der Waals surface area contributed by atoms with Crippen molar-refractivity contribution in [2.24, 2.45) is 0 Å². The van der Waals surface area contributed by atoms with Crippen molar-refractivity contribution in [1.82, 2.24) is 5.32 Å². The van der Waals surface area contributed by atoms with Crippen molar-refractivity contribution in [1.29, 1.82) is 0 Å². The van der Waals surface area contributed by atoms with E-state index >= 15 is 0 Å². The lowest BCUT2D eigenvalue weighted by Gasteiger charge is -2.03. The molecule has 0 aromatic carbocycles. The van der Waals surface area contributed by atoms with E-state index in [0.29, 0.717) is 0 Å². The van der Waals surface area contributed by atoms with Gasteiger partial charge in [0.15, 0.2) is 0 Å². The summed E-state index contributed by atoms with van der Waals surface area (Å²) in [5.74, 6) is 0. The minimum Gasteiger partial charge on any atom is -0.316 e. The molecular formula is C9H16ClN. The Kier molecular flexibility index (Phi) is 6.28. The fourth-order valence-corrected chi connectivity index (χ4v) is 0.994. The van der Waals surface area contributed by atoms with Gasteiger partial charge in [-0.25, -0.2) is 0 Å². The van der Waals surface area contributed by atoms with Gasteiger partial charge >= 0.3 is 0 Å². The Hall–Kier alpha value is -0.270. The van der Waals surface area contributed by atoms with Crippen molar-refractivity contribution < 1.29 is 0 Å². The molecule has 0 aromatic heterocycles. The number of allylic oxidation sites excluding steroid dienone is 2. The first-order valence-electron chi connectivity index (χ1n) is 3.91. The van der Waals surface area contributed by atoms with E-state index in [-0.39, 0.29) is 0 Å². The zero-order valence-corrected chi connectivity index (χ0v) is 8.20. The van der Waals surface area contributed by atoms with Crippen molar-refractivity contribution in [3.8, 4) is 0 Å². The smallest absolute Gasteiger partial charge is 0.0223 e. The summed E-state index contributed by atoms with van der Waals surface area (Å²) in [6.07, 6.45) is 4.95. The van der Waals surface area contributed by atoms with Crippen LogP contribution in [-0.4, -0.2) is 13.6 Å². The molecule has 0 aliphatic rings. The SMILES string of the molecule is C/C=C\C(CNC)=C(\Cl)CC. The molecule has 0 unspecified atom stereocenters. The van der Waals surface area contributed by atoms with E-state index in [1.54, 1.807) is 0 Å². The molecule has 1 nitrogen and oxygen atoms in total. The molecule has 0 saturated carbocycles. The second kappa shape index (κ2) is 6.44. The van der Waals surface area contributed by atoms with Gasteiger partial charge in [0.05, 0.1) is 0 Å². The maximum atomic E-state index is 5.98. The van der Waals surface area contributed by atoms with Crippen LogP contribution in [0.1, 0.15) is 20.3 Å². The number of hydrogen-bond acceptors (Lipinski definition) is 1. The summed E-state index contributed by atoms with van der Waals surface area (Å²) in [4.78, 5) is 0. The first-order valence-corrected chi connectivity index (χ1v) is 4.28. The van der Waals surface area contributed by atoms with Crippen molar-refractivity contribution in [2.75, 3.05) is 13.6 Å². The van der Waals surface area contributed by atoms with E-state index in [1.165, 1.54) is 5.57 Å². The van der Waals surface area contributed by atoms with E-state index < -0.39 is 0 Å². The summed E-state index contributed by atoms with van der Waals surface area (Å²) in [5, 5.41) is 4.02. The van der Waals surface area contributed by atoms with Crippen LogP contribution in [0.5, 0.6) is 0 Å². The average Bonchev–Trinajstić information content (AvgIpc) is 2.03. The Morgan fingerprint density at radius 2 is 2.18 bits per heavy atom. The minimum atomic E-state index is 0.844. The van der Waals surface area contributed by atoms with Gasteiger partial charge in [0.2, 0.25) is 0 Å². The lowest BCUT2D eigenvalue weighted by atomic mass is 10.2. The highest BCUT2D eigenvalue weighted by atomic mass is 35.5. The Bertz CT molecular complexity index is 159. The molecule has 0 amide bonds. The third-order valence-corrected chi connectivity index (χ3v) is 1.90. The van der Waals surface area contributed by atoms with Crippen LogP contribution in [0.25, 0.3) is 0 Å². The molecule has 0 saturated heterocycles. The number of halogens is 1. The summed E-state index contributed by atoms with van der Waals surface area (Å²) in [5.41, 5.74) is 1.18. The van der Waals surface area contributed by atoms with Crippen molar-refractivity contribution in [2.45, 2.75) is 20.3 Å². The number of nitrogens with one attached hydrogen (secondary N) is 1. The van der Waals surface area contributed by atoms with E-state index in [2.05, 4.69) is 12.2 Å². The van der Waals surface area contributed by atoms with Crippen LogP contribution in [0.3, 0.4) is 0 Å². The molecule has 0 bridgehead atoms. The number of likely N-dealkylation sites (N-methyl/N-ethyl adjacent to an activating group) is 1. The normalized spacial score (nSPS) is 13.8. The summed E-state index contributed by atoms with van der Waals surface area (Å²) in [6.45, 7) is 4.90. The first-order chi connectivity index (χ1) is 5.26. The van der Waals surface area contributed by atoms with Gasteiger partial charge in [0.1, 0.15) is 0 Å². The summed E-state index contributed by atoms with van der Waals surface area (Å²) < 4.78 is 0. The Morgan fingerprint density at radius 1 is 1.55 bits per heavy atom. The minimum absolute atomic E-state index is 0.844. The van der Waals surface area contributed by atoms with Gasteiger partial charge in [0.25, 0.3) is 0 Å². The van der Waals surface area contributed by atoms with Gasteiger partial charge in [-0.05, 0) is 26.0 Å². The second-order valence-corrected chi connectivity index (χ2v) is 2.77. The van der Waals surface area contributed by atoms with Crippen LogP contribution in [0, 0.1) is 0 Å². The Morgan fingerprint density at radius 3 is 2.55 bits per heavy atom. The molecule has 11 heavy (non-hydrogen) atoms. The van der Waals surface area contributed by atoms with Crippen LogP contribution >= 0.6 is 11.6 Å². The zero-order chi connectivity index (χ0) is 8.69. The van der Waals surface area contributed by atoms with Crippen molar-refractivity contribution in [3.05, 3.63) is 22.8 Å². The van der Waals surface area contributed by atoms with Crippen LogP contribution in [0.2, 0.25) is 0 Å². The van der Waals surface area contributed by atoms with Crippen LogP contribution in [0.4, 0.5) is 0 Å². The largest absolute Gasteiger partial charge is 0.316 e. The number of hydrogen-bond donors (Lipinski definition) is 1. The molecule has 0 aliphatic heterocycles. The highest BCUT2D eigenvalue weighted by Gasteiger charge is 1.96. The van der Waals surface area contributed by atoms with E-state index in [0.717, 1.165) is 18.0 Å². The molecular weight excluding hydrogens is 158 g/mol. The molecule has 0 radical (unpaired) electrons. The molecule has 0 atom stereocenters. The van der Waals surface area contributed by atoms with Gasteiger partial charge in [0, 0.05) is 11.6 Å². The Balaban J connectivity index is 4.30. The van der Waals surface area contributed by atoms with E-state index in [4.69, 9.17) is 11.6 Å². The summed E-state index contributed by atoms with van der Waals surface area (Å²) in [7, 11) is 1.92. The molecule has 0 aliphatic carbocycles. The predicted molar refractivity (Wildman–Crippen MR) is 51.9 cm³/mol. The maximum absolute atomic E-state index is 5.98. The topological polar surface area (TPSA) is 12.0 Å². The lowest BCUT2D eigenvalue weighted by molar-refractivity contribution is 0.886. The van der Waals surface area contributed by atoms with Crippen LogP contribution in [0.15, 0.2) is 22.8 Å². The maximum Gasteiger partial charge on any atom is 0.0223 e. The standard InChI is InChI=1S/C9H16ClN/c1-4-6-8(7-11-3)9(10)5-2/h4,6,11H,5,7H2,1-3H3/b6-4-,9-8-. The van der Waals surface area contributed by atoms with Gasteiger partial charge < -0.3 is 5.32 Å². The third kappa shape index (κ3) is 4.23. The molecule has 0 rings (SSSR count). The molecule has 0 fully saturated rings. The molecule has 0 heterocycles. The van der Waals surface area contributed by atoms with Crippen molar-refractivity contribution >= 4 is 11.6 Å². The highest BCUT2D eigenvalue weighted by Crippen LogP contribution is 2.13. The van der Waals surface area contributed by atoms with Crippen LogP contribution in [-0.2, 0) is 0 Å². The monoisotopic (exact) mass is 173 g/mol. The molecule has 1 N–H and O–H groups in total. The van der Waals surface area contributed by atoms with E-state index in [9.17, 15) is 0 Å². The quantitative estimate of drug-likeness (QED) is 0.645. The van der Waals surface area contributed by atoms with Gasteiger partial charge in [-0.1, -0.05) is 30.7 Å². The molecule has 2 heteroatoms. The van der Waals surface area contributed by atoms with Crippen LogP contribution < -0.4 is 5.32 Å². The first kappa shape index (κ1) is 10.7. The number of rotatable bonds is 4. The fourth-order valence-electron chi connectivity index (χ4n) is 0.864. The summed E-state index contributed by atoms with van der Waals surface area (Å²) in [6, 6.07) is 0. The third-order valence-electron chi connectivity index (χ3n) is 1.39. The van der Waals surface area contributed by atoms with E-state index in [1.807, 2.05) is 26.1 Å². The molecule has 0 aromatic rings. The Labute approximate surface area is 74.1 Å². The van der Waals surface area contributed by atoms with Gasteiger partial charge in [-0.15, -0.1) is 0 Å². The second-order valence-electron chi connectivity index (χ2n) is 2.31. The average molecular weight is 174 g/mol. The zero-order valence-electron chi connectivity index (χ0n) is 7.45. The predicted octanol–water partition coefficient (Wildman–Crippen LogP) is 2.68. The molecule has 0 spiro atoms. The fraction of sp³-hybridized carbons (Fsp3) is 0.556. The summed E-state index contributed by atoms with van der Waals surface area (Å²) >= 11 is 5.98. The molecule has 64 valence electrons. The highest BCUT2D eigenvalue weighted by molar-refractivity contribution is 6.30. The lowest BCUT2D eigenvalue weighted by Crippen LogP contribution is -2.10.